The molecule has 0 saturated carbocycles. The van der Waals surface area contributed by atoms with Crippen molar-refractivity contribution in [3.8, 4) is 11.6 Å². The van der Waals surface area contributed by atoms with Crippen LogP contribution in [0.3, 0.4) is 0 Å². The van der Waals surface area contributed by atoms with Gasteiger partial charge in [-0.15, -0.1) is 10.2 Å². The van der Waals surface area contributed by atoms with Crippen LogP contribution in [0.25, 0.3) is 17.2 Å². The first-order valence-corrected chi connectivity index (χ1v) is 5.19. The third kappa shape index (κ3) is 1.27. The summed E-state index contributed by atoms with van der Waals surface area (Å²) in [6, 6.07) is 7.54. The molecule has 0 radical (unpaired) electrons. The lowest BCUT2D eigenvalue weighted by Crippen LogP contribution is -1.87. The Morgan fingerprint density at radius 1 is 1.20 bits per heavy atom. The van der Waals surface area contributed by atoms with Crippen molar-refractivity contribution in [2.75, 3.05) is 0 Å². The number of furan rings is 1. The smallest absolute Gasteiger partial charge is 0.204 e. The van der Waals surface area contributed by atoms with Crippen LogP contribution in [0.5, 0.6) is 0 Å². The van der Waals surface area contributed by atoms with Gasteiger partial charge in [-0.1, -0.05) is 0 Å². The molecule has 0 aliphatic carbocycles. The van der Waals surface area contributed by atoms with Gasteiger partial charge in [0.1, 0.15) is 0 Å². The van der Waals surface area contributed by atoms with Crippen LogP contribution in [0.2, 0.25) is 0 Å². The summed E-state index contributed by atoms with van der Waals surface area (Å²) in [6.45, 7) is 0. The van der Waals surface area contributed by atoms with Crippen LogP contribution in [0.4, 0.5) is 0 Å². The molecule has 0 aromatic carbocycles. The highest BCUT2D eigenvalue weighted by atomic mass is 79.9. The zero-order chi connectivity index (χ0) is 10.3. The Balaban J connectivity index is 2.34. The van der Waals surface area contributed by atoms with E-state index in [9.17, 15) is 0 Å². The second-order valence-electron chi connectivity index (χ2n) is 3.05. The van der Waals surface area contributed by atoms with Crippen molar-refractivity contribution in [1.82, 2.24) is 14.6 Å². The Morgan fingerprint density at radius 2 is 2.13 bits per heavy atom. The minimum absolute atomic E-state index is 0.705. The second-order valence-corrected chi connectivity index (χ2v) is 3.90. The Hall–Kier alpha value is -1.62. The summed E-state index contributed by atoms with van der Waals surface area (Å²) < 4.78 is 8.08. The number of hydrogen-bond donors (Lipinski definition) is 0. The van der Waals surface area contributed by atoms with Gasteiger partial charge in [0.2, 0.25) is 5.82 Å². The predicted octanol–water partition coefficient (Wildman–Crippen LogP) is 2.75. The molecule has 3 heterocycles. The van der Waals surface area contributed by atoms with Gasteiger partial charge in [0.15, 0.2) is 11.4 Å². The average molecular weight is 264 g/mol. The molecule has 0 amide bonds. The maximum absolute atomic E-state index is 5.29. The summed E-state index contributed by atoms with van der Waals surface area (Å²) in [5, 5.41) is 8.17. The highest BCUT2D eigenvalue weighted by molar-refractivity contribution is 9.10. The van der Waals surface area contributed by atoms with Crippen molar-refractivity contribution in [2.24, 2.45) is 0 Å². The molecule has 3 aromatic rings. The van der Waals surface area contributed by atoms with Crippen molar-refractivity contribution in [3.05, 3.63) is 41.2 Å². The fourth-order valence-corrected chi connectivity index (χ4v) is 1.88. The molecule has 0 N–H and O–H groups in total. The molecule has 3 rings (SSSR count). The Kier molecular flexibility index (Phi) is 1.85. The number of nitrogens with zero attached hydrogens (tertiary/aromatic N) is 3. The van der Waals surface area contributed by atoms with Gasteiger partial charge in [-0.2, -0.15) is 0 Å². The van der Waals surface area contributed by atoms with E-state index >= 15 is 0 Å². The molecule has 0 fully saturated rings. The van der Waals surface area contributed by atoms with Crippen LogP contribution in [0, 0.1) is 0 Å². The van der Waals surface area contributed by atoms with E-state index in [0.717, 1.165) is 10.1 Å². The average Bonchev–Trinajstić information content (AvgIpc) is 2.85. The quantitative estimate of drug-likeness (QED) is 0.678. The van der Waals surface area contributed by atoms with Crippen LogP contribution in [-0.2, 0) is 0 Å². The molecular weight excluding hydrogens is 258 g/mol. The fourth-order valence-electron chi connectivity index (χ4n) is 1.46. The second kappa shape index (κ2) is 3.20. The van der Waals surface area contributed by atoms with E-state index in [2.05, 4.69) is 26.1 Å². The van der Waals surface area contributed by atoms with Crippen LogP contribution in [-0.4, -0.2) is 14.6 Å². The van der Waals surface area contributed by atoms with Crippen molar-refractivity contribution in [3.63, 3.8) is 0 Å². The predicted molar refractivity (Wildman–Crippen MR) is 58.4 cm³/mol. The molecule has 0 unspecified atom stereocenters. The molecule has 15 heavy (non-hydrogen) atoms. The van der Waals surface area contributed by atoms with E-state index in [-0.39, 0.29) is 0 Å². The number of pyridine rings is 1. The van der Waals surface area contributed by atoms with Crippen molar-refractivity contribution < 1.29 is 4.42 Å². The first-order valence-electron chi connectivity index (χ1n) is 4.39. The Bertz CT molecular complexity index is 600. The molecule has 0 spiro atoms. The molecule has 0 saturated heterocycles. The topological polar surface area (TPSA) is 43.3 Å². The SMILES string of the molecule is Brc1cccn2c(-c3ccco3)nnc12. The highest BCUT2D eigenvalue weighted by Crippen LogP contribution is 2.22. The summed E-state index contributed by atoms with van der Waals surface area (Å²) in [6.07, 6.45) is 3.52. The largest absolute Gasteiger partial charge is 0.461 e. The number of hydrogen-bond acceptors (Lipinski definition) is 3. The Labute approximate surface area is 93.7 Å². The third-order valence-corrected chi connectivity index (χ3v) is 2.75. The molecule has 5 heteroatoms. The Morgan fingerprint density at radius 3 is 2.93 bits per heavy atom. The lowest BCUT2D eigenvalue weighted by Gasteiger charge is -1.96. The molecule has 74 valence electrons. The summed E-state index contributed by atoms with van der Waals surface area (Å²) in [4.78, 5) is 0. The fraction of sp³-hybridized carbons (Fsp3) is 0. The molecule has 0 bridgehead atoms. The van der Waals surface area contributed by atoms with Crippen molar-refractivity contribution in [2.45, 2.75) is 0 Å². The van der Waals surface area contributed by atoms with Gasteiger partial charge in [0.05, 0.1) is 10.7 Å². The summed E-state index contributed by atoms with van der Waals surface area (Å²) in [7, 11) is 0. The number of rotatable bonds is 1. The molecule has 3 aromatic heterocycles. The molecule has 0 aliphatic rings. The van der Waals surface area contributed by atoms with E-state index in [1.807, 2.05) is 34.9 Å². The van der Waals surface area contributed by atoms with Gasteiger partial charge in [0, 0.05) is 6.20 Å². The lowest BCUT2D eigenvalue weighted by atomic mass is 10.4. The molecular formula is C10H6BrN3O. The summed E-state index contributed by atoms with van der Waals surface area (Å²) >= 11 is 3.42. The highest BCUT2D eigenvalue weighted by Gasteiger charge is 2.11. The number of halogens is 1. The zero-order valence-electron chi connectivity index (χ0n) is 7.59. The van der Waals surface area contributed by atoms with Crippen LogP contribution < -0.4 is 0 Å². The zero-order valence-corrected chi connectivity index (χ0v) is 9.18. The summed E-state index contributed by atoms with van der Waals surface area (Å²) in [5.74, 6) is 1.41. The first kappa shape index (κ1) is 8.67. The minimum atomic E-state index is 0.705. The standard InChI is InChI=1S/C10H6BrN3O/c11-7-3-1-5-14-9(7)12-13-10(14)8-4-2-6-15-8/h1-6H. The van der Waals surface area contributed by atoms with Crippen LogP contribution in [0.15, 0.2) is 45.6 Å². The van der Waals surface area contributed by atoms with E-state index in [0.29, 0.717) is 11.6 Å². The van der Waals surface area contributed by atoms with E-state index in [1.54, 1.807) is 6.26 Å². The van der Waals surface area contributed by atoms with E-state index in [4.69, 9.17) is 4.42 Å². The van der Waals surface area contributed by atoms with Gasteiger partial charge >= 0.3 is 0 Å². The first-order chi connectivity index (χ1) is 7.36. The van der Waals surface area contributed by atoms with E-state index in [1.165, 1.54) is 0 Å². The van der Waals surface area contributed by atoms with E-state index < -0.39 is 0 Å². The molecule has 0 aliphatic heterocycles. The number of fused-ring (bicyclic) bond motifs is 1. The van der Waals surface area contributed by atoms with Crippen LogP contribution in [0.1, 0.15) is 0 Å². The number of aromatic nitrogens is 3. The van der Waals surface area contributed by atoms with Gasteiger partial charge in [0.25, 0.3) is 0 Å². The van der Waals surface area contributed by atoms with Crippen molar-refractivity contribution >= 4 is 21.6 Å². The van der Waals surface area contributed by atoms with Crippen LogP contribution >= 0.6 is 15.9 Å². The maximum Gasteiger partial charge on any atom is 0.204 e. The normalized spacial score (nSPS) is 11.0. The van der Waals surface area contributed by atoms with Gasteiger partial charge in [-0.3, -0.25) is 4.40 Å². The van der Waals surface area contributed by atoms with Gasteiger partial charge in [-0.25, -0.2) is 0 Å². The third-order valence-electron chi connectivity index (χ3n) is 2.13. The summed E-state index contributed by atoms with van der Waals surface area (Å²) in [5.41, 5.74) is 0.781. The lowest BCUT2D eigenvalue weighted by molar-refractivity contribution is 0.576. The van der Waals surface area contributed by atoms with Crippen molar-refractivity contribution in [1.29, 1.82) is 0 Å². The maximum atomic E-state index is 5.29. The monoisotopic (exact) mass is 263 g/mol. The molecule has 0 atom stereocenters. The minimum Gasteiger partial charge on any atom is -0.461 e. The van der Waals surface area contributed by atoms with Gasteiger partial charge in [-0.05, 0) is 40.2 Å². The van der Waals surface area contributed by atoms with Gasteiger partial charge < -0.3 is 4.42 Å². The molecule has 4 nitrogen and oxygen atoms in total.